The number of hydrogen-bond acceptors (Lipinski definition) is 5. The standard InChI is InChI=1S/C20H21NO5/c1-14-7-10-16(11-8-14)21-18(22)13-26-19(23)12-9-15-5-4-6-17(24-2)20(15)25-3/h4-12H,13H2,1-3H3,(H,21,22)/b12-9+. The van der Waals surface area contributed by atoms with Gasteiger partial charge in [-0.3, -0.25) is 4.79 Å². The zero-order valence-electron chi connectivity index (χ0n) is 14.9. The molecule has 0 aromatic heterocycles. The monoisotopic (exact) mass is 355 g/mol. The number of carbonyl (C=O) groups is 2. The molecule has 26 heavy (non-hydrogen) atoms. The number of hydrogen-bond donors (Lipinski definition) is 1. The van der Waals surface area contributed by atoms with Gasteiger partial charge in [0.15, 0.2) is 18.1 Å². The molecule has 2 aromatic carbocycles. The second-order valence-electron chi connectivity index (χ2n) is 5.44. The molecule has 0 aliphatic heterocycles. The van der Waals surface area contributed by atoms with Crippen LogP contribution in [0.4, 0.5) is 5.69 Å². The third-order valence-corrected chi connectivity index (χ3v) is 3.51. The van der Waals surface area contributed by atoms with Crippen LogP contribution in [0.2, 0.25) is 0 Å². The molecule has 136 valence electrons. The molecule has 0 bridgehead atoms. The number of ether oxygens (including phenoxy) is 3. The molecule has 0 radical (unpaired) electrons. The van der Waals surface area contributed by atoms with Crippen molar-refractivity contribution in [2.45, 2.75) is 6.92 Å². The molecule has 0 saturated heterocycles. The van der Waals surface area contributed by atoms with E-state index >= 15 is 0 Å². The molecule has 2 rings (SSSR count). The lowest BCUT2D eigenvalue weighted by molar-refractivity contribution is -0.142. The first-order chi connectivity index (χ1) is 12.5. The highest BCUT2D eigenvalue weighted by molar-refractivity contribution is 5.94. The third-order valence-electron chi connectivity index (χ3n) is 3.51. The quantitative estimate of drug-likeness (QED) is 0.610. The fourth-order valence-corrected chi connectivity index (χ4v) is 2.22. The number of amides is 1. The number of para-hydroxylation sites is 1. The molecule has 6 heteroatoms. The maximum Gasteiger partial charge on any atom is 0.331 e. The molecule has 2 aromatic rings. The minimum Gasteiger partial charge on any atom is -0.493 e. The maximum atomic E-state index is 11.8. The van der Waals surface area contributed by atoms with Crippen LogP contribution in [0.1, 0.15) is 11.1 Å². The summed E-state index contributed by atoms with van der Waals surface area (Å²) in [6.07, 6.45) is 2.78. The van der Waals surface area contributed by atoms with Crippen molar-refractivity contribution in [1.29, 1.82) is 0 Å². The van der Waals surface area contributed by atoms with E-state index in [9.17, 15) is 9.59 Å². The van der Waals surface area contributed by atoms with Gasteiger partial charge in [0.05, 0.1) is 14.2 Å². The van der Waals surface area contributed by atoms with Gasteiger partial charge in [-0.2, -0.15) is 0 Å². The molecule has 0 saturated carbocycles. The van der Waals surface area contributed by atoms with Crippen molar-refractivity contribution in [1.82, 2.24) is 0 Å². The van der Waals surface area contributed by atoms with Gasteiger partial charge in [0.25, 0.3) is 5.91 Å². The first-order valence-electron chi connectivity index (χ1n) is 7.96. The number of esters is 1. The molecule has 6 nitrogen and oxygen atoms in total. The molecule has 0 atom stereocenters. The summed E-state index contributed by atoms with van der Waals surface area (Å²) in [6, 6.07) is 12.6. The van der Waals surface area contributed by atoms with Crippen LogP contribution in [-0.2, 0) is 14.3 Å². The molecule has 1 N–H and O–H groups in total. The number of carbonyl (C=O) groups excluding carboxylic acids is 2. The number of benzene rings is 2. The van der Waals surface area contributed by atoms with Crippen LogP contribution in [0.5, 0.6) is 11.5 Å². The van der Waals surface area contributed by atoms with Crippen LogP contribution in [0.3, 0.4) is 0 Å². The van der Waals surface area contributed by atoms with Crippen molar-refractivity contribution in [2.24, 2.45) is 0 Å². The van der Waals surface area contributed by atoms with Crippen LogP contribution in [-0.4, -0.2) is 32.7 Å². The highest BCUT2D eigenvalue weighted by Crippen LogP contribution is 2.31. The van der Waals surface area contributed by atoms with Crippen molar-refractivity contribution in [3.8, 4) is 11.5 Å². The summed E-state index contributed by atoms with van der Waals surface area (Å²) in [7, 11) is 3.05. The van der Waals surface area contributed by atoms with Gasteiger partial charge in [0, 0.05) is 17.3 Å². The fourth-order valence-electron chi connectivity index (χ4n) is 2.22. The van der Waals surface area contributed by atoms with E-state index in [0.29, 0.717) is 22.7 Å². The normalized spacial score (nSPS) is 10.4. The van der Waals surface area contributed by atoms with E-state index < -0.39 is 11.9 Å². The summed E-state index contributed by atoms with van der Waals surface area (Å²) in [5.74, 6) is 0.0279. The number of rotatable bonds is 7. The van der Waals surface area contributed by atoms with Crippen LogP contribution < -0.4 is 14.8 Å². The van der Waals surface area contributed by atoms with Crippen LogP contribution in [0, 0.1) is 6.92 Å². The minimum atomic E-state index is -0.631. The zero-order valence-corrected chi connectivity index (χ0v) is 14.9. The summed E-state index contributed by atoms with van der Waals surface area (Å²) < 4.78 is 15.4. The van der Waals surface area contributed by atoms with E-state index in [-0.39, 0.29) is 6.61 Å². The van der Waals surface area contributed by atoms with Gasteiger partial charge in [-0.25, -0.2) is 4.79 Å². The predicted molar refractivity (Wildman–Crippen MR) is 99.3 cm³/mol. The van der Waals surface area contributed by atoms with Gasteiger partial charge in [-0.15, -0.1) is 0 Å². The van der Waals surface area contributed by atoms with Gasteiger partial charge in [0.1, 0.15) is 0 Å². The average molecular weight is 355 g/mol. The Hall–Kier alpha value is -3.28. The lowest BCUT2D eigenvalue weighted by Gasteiger charge is -2.09. The highest BCUT2D eigenvalue weighted by atomic mass is 16.5. The molecular weight excluding hydrogens is 334 g/mol. The molecule has 0 unspecified atom stereocenters. The van der Waals surface area contributed by atoms with Crippen molar-refractivity contribution in [2.75, 3.05) is 26.1 Å². The second-order valence-corrected chi connectivity index (χ2v) is 5.44. The third kappa shape index (κ3) is 5.37. The van der Waals surface area contributed by atoms with Gasteiger partial charge in [0.2, 0.25) is 0 Å². The van der Waals surface area contributed by atoms with Crippen molar-refractivity contribution in [3.05, 3.63) is 59.7 Å². The lowest BCUT2D eigenvalue weighted by Crippen LogP contribution is -2.20. The van der Waals surface area contributed by atoms with Crippen molar-refractivity contribution in [3.63, 3.8) is 0 Å². The molecular formula is C20H21NO5. The summed E-state index contributed by atoms with van der Waals surface area (Å²) in [4.78, 5) is 23.6. The van der Waals surface area contributed by atoms with Gasteiger partial charge >= 0.3 is 5.97 Å². The first-order valence-corrected chi connectivity index (χ1v) is 7.96. The Bertz CT molecular complexity index is 796. The Balaban J connectivity index is 1.89. The van der Waals surface area contributed by atoms with E-state index in [1.165, 1.54) is 20.3 Å². The number of nitrogens with one attached hydrogen (secondary N) is 1. The molecule has 0 aliphatic rings. The minimum absolute atomic E-state index is 0.369. The lowest BCUT2D eigenvalue weighted by atomic mass is 10.1. The van der Waals surface area contributed by atoms with Gasteiger partial charge in [-0.05, 0) is 31.2 Å². The van der Waals surface area contributed by atoms with Gasteiger partial charge in [-0.1, -0.05) is 29.8 Å². The zero-order chi connectivity index (χ0) is 18.9. The maximum absolute atomic E-state index is 11.8. The summed E-state index contributed by atoms with van der Waals surface area (Å²) in [5, 5.41) is 2.65. The largest absolute Gasteiger partial charge is 0.493 e. The Morgan fingerprint density at radius 1 is 1.04 bits per heavy atom. The molecule has 0 heterocycles. The predicted octanol–water partition coefficient (Wildman–Crippen LogP) is 3.21. The molecule has 0 aliphatic carbocycles. The summed E-state index contributed by atoms with van der Waals surface area (Å²) in [6.45, 7) is 1.59. The Morgan fingerprint density at radius 2 is 1.77 bits per heavy atom. The van der Waals surface area contributed by atoms with Crippen molar-refractivity contribution < 1.29 is 23.8 Å². The van der Waals surface area contributed by atoms with E-state index in [2.05, 4.69) is 5.32 Å². The van der Waals surface area contributed by atoms with Gasteiger partial charge < -0.3 is 19.5 Å². The van der Waals surface area contributed by atoms with Crippen LogP contribution in [0.15, 0.2) is 48.5 Å². The Morgan fingerprint density at radius 3 is 2.42 bits per heavy atom. The smallest absolute Gasteiger partial charge is 0.331 e. The van der Waals surface area contributed by atoms with E-state index in [4.69, 9.17) is 14.2 Å². The summed E-state index contributed by atoms with van der Waals surface area (Å²) >= 11 is 0. The first kappa shape index (κ1) is 19.1. The van der Waals surface area contributed by atoms with Crippen LogP contribution >= 0.6 is 0 Å². The second kappa shape index (κ2) is 9.27. The Kier molecular flexibility index (Phi) is 6.79. The SMILES string of the molecule is COc1cccc(/C=C/C(=O)OCC(=O)Nc2ccc(C)cc2)c1OC. The van der Waals surface area contributed by atoms with E-state index in [0.717, 1.165) is 5.56 Å². The number of anilines is 1. The van der Waals surface area contributed by atoms with Crippen LogP contribution in [0.25, 0.3) is 6.08 Å². The van der Waals surface area contributed by atoms with E-state index in [1.54, 1.807) is 36.4 Å². The summed E-state index contributed by atoms with van der Waals surface area (Å²) in [5.41, 5.74) is 2.40. The number of aryl methyl sites for hydroxylation is 1. The van der Waals surface area contributed by atoms with Crippen molar-refractivity contribution >= 4 is 23.6 Å². The highest BCUT2D eigenvalue weighted by Gasteiger charge is 2.09. The average Bonchev–Trinajstić information content (AvgIpc) is 2.66. The van der Waals surface area contributed by atoms with E-state index in [1.807, 2.05) is 19.1 Å². The Labute approximate surface area is 152 Å². The fraction of sp³-hybridized carbons (Fsp3) is 0.200. The number of methoxy groups -OCH3 is 2. The molecule has 0 spiro atoms. The topological polar surface area (TPSA) is 73.9 Å². The molecule has 1 amide bonds. The molecule has 0 fully saturated rings.